The Morgan fingerprint density at radius 2 is 1.65 bits per heavy atom. The van der Waals surface area contributed by atoms with Gasteiger partial charge in [-0.3, -0.25) is 19.2 Å². The minimum Gasteiger partial charge on any atom is -0.491 e. The summed E-state index contributed by atoms with van der Waals surface area (Å²) in [4.78, 5) is 66.8. The van der Waals surface area contributed by atoms with Gasteiger partial charge in [0.05, 0.1) is 41.4 Å². The van der Waals surface area contributed by atoms with Gasteiger partial charge in [0.25, 0.3) is 17.3 Å². The lowest BCUT2D eigenvalue weighted by Crippen LogP contribution is -2.48. The average Bonchev–Trinajstić information content (AvgIpc) is 4.17. The Balaban J connectivity index is 0.803. The number of H-pyrrole nitrogens is 1. The lowest BCUT2D eigenvalue weighted by Gasteiger charge is -2.37. The number of carbonyl (C=O) groups excluding carboxylic acids is 3. The molecule has 0 saturated carbocycles. The highest BCUT2D eigenvalue weighted by Gasteiger charge is 2.43. The molecule has 5 heterocycles. The number of likely N-dealkylation sites (tertiary alicyclic amines) is 1. The van der Waals surface area contributed by atoms with Crippen molar-refractivity contribution in [3.63, 3.8) is 0 Å². The first-order valence-electron chi connectivity index (χ1n) is 26.8. The van der Waals surface area contributed by atoms with Crippen molar-refractivity contribution in [2.45, 2.75) is 118 Å². The number of aryl methyl sites for hydroxylation is 3. The summed E-state index contributed by atoms with van der Waals surface area (Å²) in [5.74, 6) is -0.634. The van der Waals surface area contributed by atoms with Gasteiger partial charge in [-0.15, -0.1) is 11.3 Å². The molecule has 4 N–H and O–H groups in total. The lowest BCUT2D eigenvalue weighted by molar-refractivity contribution is -0.141. The predicted molar refractivity (Wildman–Crippen MR) is 297 cm³/mol. The van der Waals surface area contributed by atoms with Crippen LogP contribution in [0.5, 0.6) is 11.6 Å². The Bertz CT molecular complexity index is 3020. The van der Waals surface area contributed by atoms with E-state index in [1.807, 2.05) is 115 Å². The van der Waals surface area contributed by atoms with Crippen molar-refractivity contribution in [2.75, 3.05) is 57.6 Å². The third-order valence-corrected chi connectivity index (χ3v) is 15.6. The van der Waals surface area contributed by atoms with Crippen LogP contribution in [-0.4, -0.2) is 114 Å². The molecule has 17 nitrogen and oxygen atoms in total. The normalized spacial score (nSPS) is 16.6. The smallest absolute Gasteiger partial charge is 0.254 e. The fourth-order valence-electron chi connectivity index (χ4n) is 10.4. The fourth-order valence-corrected chi connectivity index (χ4v) is 11.2. The van der Waals surface area contributed by atoms with E-state index in [0.717, 1.165) is 74.7 Å². The summed E-state index contributed by atoms with van der Waals surface area (Å²) in [5, 5.41) is 20.9. The number of thiazole rings is 1. The number of hydrogen-bond acceptors (Lipinski definition) is 14. The molecule has 3 aromatic carbocycles. The maximum absolute atomic E-state index is 14.2. The van der Waals surface area contributed by atoms with Crippen LogP contribution in [0.4, 0.5) is 5.69 Å². The van der Waals surface area contributed by atoms with Crippen LogP contribution in [0.25, 0.3) is 21.6 Å². The molecule has 0 aliphatic carbocycles. The maximum atomic E-state index is 14.2. The van der Waals surface area contributed by atoms with E-state index in [-0.39, 0.29) is 66.7 Å². The molecule has 2 unspecified atom stereocenters. The molecule has 2 fully saturated rings. The summed E-state index contributed by atoms with van der Waals surface area (Å²) >= 11 is 1.58. The molecule has 2 aliphatic heterocycles. The largest absolute Gasteiger partial charge is 0.491 e. The van der Waals surface area contributed by atoms with Crippen molar-refractivity contribution in [1.29, 1.82) is 0 Å². The number of nitrogens with zero attached hydrogens (tertiary/aromatic N) is 4. The Hall–Kier alpha value is -6.86. The second-order valence-electron chi connectivity index (χ2n) is 20.4. The van der Waals surface area contributed by atoms with E-state index in [0.29, 0.717) is 68.7 Å². The fraction of sp³-hybridized carbons (Fsp3) is 0.458. The van der Waals surface area contributed by atoms with Crippen molar-refractivity contribution in [2.24, 2.45) is 5.92 Å². The van der Waals surface area contributed by atoms with Gasteiger partial charge >= 0.3 is 0 Å². The molecule has 0 bridgehead atoms. The maximum Gasteiger partial charge on any atom is 0.254 e. The van der Waals surface area contributed by atoms with Crippen LogP contribution >= 0.6 is 11.3 Å². The number of pyridine rings is 1. The van der Waals surface area contributed by atoms with Crippen LogP contribution in [0.15, 0.2) is 87.6 Å². The SMILES string of the molecule is CCN(c1cc(-c2ccc(OCCOCCCOc3cc(C(C(=O)N4C[C@H](O)C[C@H]4C(=O)NC(C)c4ccc(-c5scnc5C)cc4)C(C)C)on3)cc2)cc(C(=O)NCc2c(C)cc(C)[nH]c2=O)c1C)C1CCOCC1. The average molecular weight is 1070 g/mol. The van der Waals surface area contributed by atoms with E-state index in [2.05, 4.69) is 43.6 Å². The number of benzene rings is 3. The number of carbonyl (C=O) groups is 3. The number of anilines is 1. The molecule has 6 aromatic rings. The summed E-state index contributed by atoms with van der Waals surface area (Å²) in [6.45, 7) is 19.2. The van der Waals surface area contributed by atoms with Gasteiger partial charge < -0.3 is 54.0 Å². The highest BCUT2D eigenvalue weighted by atomic mass is 32.1. The van der Waals surface area contributed by atoms with Crippen LogP contribution in [0.1, 0.15) is 115 Å². The van der Waals surface area contributed by atoms with Crippen LogP contribution in [0.2, 0.25) is 0 Å². The molecule has 410 valence electrons. The first-order valence-corrected chi connectivity index (χ1v) is 27.6. The number of amides is 3. The number of aromatic nitrogens is 3. The van der Waals surface area contributed by atoms with E-state index in [1.165, 1.54) is 4.90 Å². The number of hydrogen-bond donors (Lipinski definition) is 4. The van der Waals surface area contributed by atoms with Gasteiger partial charge in [0, 0.05) is 86.9 Å². The summed E-state index contributed by atoms with van der Waals surface area (Å²) in [5.41, 5.74) is 10.9. The second-order valence-corrected chi connectivity index (χ2v) is 21.3. The van der Waals surface area contributed by atoms with Crippen molar-refractivity contribution >= 4 is 34.7 Å². The van der Waals surface area contributed by atoms with Gasteiger partial charge in [-0.1, -0.05) is 50.2 Å². The molecule has 3 amide bonds. The van der Waals surface area contributed by atoms with Gasteiger partial charge in [0.1, 0.15) is 24.3 Å². The van der Waals surface area contributed by atoms with Crippen LogP contribution in [-0.2, 0) is 25.6 Å². The number of aliphatic hydroxyl groups excluding tert-OH is 1. The number of aromatic amines is 1. The molecule has 77 heavy (non-hydrogen) atoms. The molecule has 3 aromatic heterocycles. The Morgan fingerprint density at radius 3 is 2.34 bits per heavy atom. The number of nitrogens with one attached hydrogen (secondary N) is 3. The van der Waals surface area contributed by atoms with Gasteiger partial charge in [0.15, 0.2) is 5.76 Å². The number of rotatable bonds is 23. The summed E-state index contributed by atoms with van der Waals surface area (Å²) in [7, 11) is 0. The van der Waals surface area contributed by atoms with Gasteiger partial charge in [-0.2, -0.15) is 0 Å². The third-order valence-electron chi connectivity index (χ3n) is 14.6. The number of ether oxygens (including phenoxy) is 4. The molecule has 0 radical (unpaired) electrons. The highest BCUT2D eigenvalue weighted by Crippen LogP contribution is 2.36. The quantitative estimate of drug-likeness (QED) is 0.0443. The van der Waals surface area contributed by atoms with E-state index in [1.54, 1.807) is 17.4 Å². The molecule has 2 aliphatic rings. The van der Waals surface area contributed by atoms with Crippen LogP contribution in [0, 0.1) is 33.6 Å². The molecule has 8 rings (SSSR count). The van der Waals surface area contributed by atoms with E-state index < -0.39 is 18.1 Å². The van der Waals surface area contributed by atoms with Gasteiger partial charge in [0.2, 0.25) is 11.8 Å². The Kier molecular flexibility index (Phi) is 19.0. The van der Waals surface area contributed by atoms with Crippen molar-refractivity contribution < 1.29 is 43.0 Å². The minimum atomic E-state index is -0.851. The standard InChI is InChI=1S/C59H73N7O10S/c1-9-65(45-19-23-73-24-20-45)50-29-44(28-48(38(50)6)56(68)60-32-49-36(4)27-37(5)62-57(49)69)42-15-17-47(18-16-42)74-26-25-72-21-10-22-75-53-31-52(76-64-53)54(35(2)3)59(71)66-33-46(67)30-51(66)58(70)63-39(7)41-11-13-43(14-12-41)55-40(8)61-34-77-55/h11-18,27-29,31,34-35,39,45-46,51,54,67H,9-10,19-26,30,32-33H2,1-8H3,(H,60,68)(H,62,69)(H,63,70)/t39?,46-,51+,54?/m1/s1. The topological polar surface area (TPSA) is 211 Å². The van der Waals surface area contributed by atoms with E-state index >= 15 is 0 Å². The lowest BCUT2D eigenvalue weighted by atomic mass is 9.91. The molecule has 4 atom stereocenters. The second kappa shape index (κ2) is 26.0. The monoisotopic (exact) mass is 1070 g/mol. The van der Waals surface area contributed by atoms with Gasteiger partial charge in [-0.25, -0.2) is 4.98 Å². The molecule has 2 saturated heterocycles. The molecular formula is C59H73N7O10S. The zero-order valence-electron chi connectivity index (χ0n) is 45.5. The van der Waals surface area contributed by atoms with Crippen LogP contribution < -0.4 is 30.6 Å². The van der Waals surface area contributed by atoms with E-state index in [9.17, 15) is 24.3 Å². The summed E-state index contributed by atoms with van der Waals surface area (Å²) in [6.07, 6.45) is 1.65. The van der Waals surface area contributed by atoms with Gasteiger partial charge in [-0.05, 0) is 129 Å². The first kappa shape index (κ1) is 56.3. The molecular weight excluding hydrogens is 999 g/mol. The van der Waals surface area contributed by atoms with Crippen molar-refractivity contribution in [3.8, 4) is 33.2 Å². The van der Waals surface area contributed by atoms with Crippen LogP contribution in [0.3, 0.4) is 0 Å². The first-order chi connectivity index (χ1) is 37.1. The predicted octanol–water partition coefficient (Wildman–Crippen LogP) is 8.77. The molecule has 0 spiro atoms. The third kappa shape index (κ3) is 13.8. The van der Waals surface area contributed by atoms with E-state index in [4.69, 9.17) is 23.5 Å². The Labute approximate surface area is 454 Å². The highest BCUT2D eigenvalue weighted by molar-refractivity contribution is 7.13. The summed E-state index contributed by atoms with van der Waals surface area (Å²) < 4.78 is 29.1. The Morgan fingerprint density at radius 1 is 0.909 bits per heavy atom. The zero-order valence-corrected chi connectivity index (χ0v) is 46.3. The molecule has 18 heteroatoms. The summed E-state index contributed by atoms with van der Waals surface area (Å²) in [6, 6.07) is 22.5. The minimum absolute atomic E-state index is 0.0304. The van der Waals surface area contributed by atoms with Crippen molar-refractivity contribution in [3.05, 3.63) is 134 Å². The number of aliphatic hydroxyl groups is 1. The number of β-amino-alcohol motifs (C(OH)–C–C–N with tert-alkyl or cyclic N) is 1. The van der Waals surface area contributed by atoms with Crippen molar-refractivity contribution in [1.82, 2.24) is 30.7 Å². The zero-order chi connectivity index (χ0) is 54.8.